The molecule has 6 heteroatoms. The smallest absolute Gasteiger partial charge is 0.278 e. The molecule has 4 rings (SSSR count). The summed E-state index contributed by atoms with van der Waals surface area (Å²) in [5, 5.41) is 1.22. The fraction of sp³-hybridized carbons (Fsp3) is 0.120. The highest BCUT2D eigenvalue weighted by Crippen LogP contribution is 2.34. The van der Waals surface area contributed by atoms with E-state index in [0.717, 1.165) is 11.3 Å². The summed E-state index contributed by atoms with van der Waals surface area (Å²) < 4.78 is 0. The normalized spacial score (nSPS) is 13.8. The van der Waals surface area contributed by atoms with Crippen LogP contribution >= 0.6 is 23.2 Å². The van der Waals surface area contributed by atoms with Crippen LogP contribution in [0.5, 0.6) is 0 Å². The van der Waals surface area contributed by atoms with Gasteiger partial charge in [-0.1, -0.05) is 65.7 Å². The first kappa shape index (κ1) is 21.2. The largest absolute Gasteiger partial charge is 0.339 e. The number of imide groups is 1. The number of nitrogens with zero attached hydrogens (tertiary/aromatic N) is 2. The molecule has 0 bridgehead atoms. The fourth-order valence-electron chi connectivity index (χ4n) is 3.63. The molecule has 1 heterocycles. The van der Waals surface area contributed by atoms with E-state index in [-0.39, 0.29) is 18.4 Å². The predicted octanol–water partition coefficient (Wildman–Crippen LogP) is 5.45. The fourth-order valence-corrected chi connectivity index (χ4v) is 3.88. The number of hydrogen-bond donors (Lipinski definition) is 0. The molecule has 1 aliphatic rings. The van der Waals surface area contributed by atoms with E-state index in [4.69, 9.17) is 23.2 Å². The van der Waals surface area contributed by atoms with Gasteiger partial charge in [0.2, 0.25) is 0 Å². The highest BCUT2D eigenvalue weighted by molar-refractivity contribution is 6.37. The summed E-state index contributed by atoms with van der Waals surface area (Å²) in [7, 11) is 1.80. The van der Waals surface area contributed by atoms with Gasteiger partial charge in [-0.2, -0.15) is 0 Å². The Kier molecular flexibility index (Phi) is 6.12. The van der Waals surface area contributed by atoms with Crippen molar-refractivity contribution in [2.75, 3.05) is 18.5 Å². The Hall–Kier alpha value is -3.08. The summed E-state index contributed by atoms with van der Waals surface area (Å²) in [4.78, 5) is 29.9. The Morgan fingerprint density at radius 1 is 0.774 bits per heavy atom. The Bertz CT molecular complexity index is 1140. The molecule has 0 atom stereocenters. The first-order valence-electron chi connectivity index (χ1n) is 9.85. The monoisotopic (exact) mass is 450 g/mol. The number of carbonyl (C=O) groups is 2. The summed E-state index contributed by atoms with van der Waals surface area (Å²) in [5.41, 5.74) is 3.22. The number of amides is 2. The van der Waals surface area contributed by atoms with Gasteiger partial charge in [0.25, 0.3) is 11.8 Å². The molecular formula is C25H20Cl2N2O2. The second-order valence-corrected chi connectivity index (χ2v) is 8.14. The minimum Gasteiger partial charge on any atom is -0.339 e. The maximum atomic E-state index is 13.4. The van der Waals surface area contributed by atoms with Crippen molar-refractivity contribution in [1.29, 1.82) is 0 Å². The van der Waals surface area contributed by atoms with E-state index in [0.29, 0.717) is 33.3 Å². The molecule has 31 heavy (non-hydrogen) atoms. The van der Waals surface area contributed by atoms with Crippen molar-refractivity contribution in [2.24, 2.45) is 0 Å². The molecule has 0 saturated heterocycles. The van der Waals surface area contributed by atoms with E-state index in [2.05, 4.69) is 0 Å². The molecule has 0 radical (unpaired) electrons. The number of halogens is 2. The quantitative estimate of drug-likeness (QED) is 0.468. The van der Waals surface area contributed by atoms with E-state index in [9.17, 15) is 9.59 Å². The third kappa shape index (κ3) is 4.36. The van der Waals surface area contributed by atoms with Crippen molar-refractivity contribution in [1.82, 2.24) is 4.90 Å². The van der Waals surface area contributed by atoms with Gasteiger partial charge in [-0.25, -0.2) is 0 Å². The molecule has 1 aliphatic heterocycles. The standard InChI is InChI=1S/C25H20Cl2N2O2/c1-28(21-5-3-2-4-6-21)23-22(18-9-13-20(27)14-10-18)24(30)29(25(23)31)16-15-17-7-11-19(26)12-8-17/h2-14H,15-16H2,1H3. The van der Waals surface area contributed by atoms with E-state index in [1.807, 2.05) is 42.5 Å². The molecule has 0 fully saturated rings. The molecule has 4 nitrogen and oxygen atoms in total. The number of carbonyl (C=O) groups excluding carboxylic acids is 2. The first-order valence-corrected chi connectivity index (χ1v) is 10.6. The lowest BCUT2D eigenvalue weighted by molar-refractivity contribution is -0.136. The number of hydrogen-bond acceptors (Lipinski definition) is 3. The Morgan fingerprint density at radius 3 is 1.97 bits per heavy atom. The summed E-state index contributed by atoms with van der Waals surface area (Å²) in [6.45, 7) is 0.280. The van der Waals surface area contributed by atoms with Crippen LogP contribution in [0.4, 0.5) is 5.69 Å². The first-order chi connectivity index (χ1) is 15.0. The van der Waals surface area contributed by atoms with Gasteiger partial charge in [0.1, 0.15) is 5.70 Å². The third-order valence-electron chi connectivity index (χ3n) is 5.29. The molecule has 0 aliphatic carbocycles. The van der Waals surface area contributed by atoms with Gasteiger partial charge in [0, 0.05) is 29.3 Å². The zero-order valence-electron chi connectivity index (χ0n) is 16.9. The maximum absolute atomic E-state index is 13.4. The summed E-state index contributed by atoms with van der Waals surface area (Å²) in [6.07, 6.45) is 0.547. The second kappa shape index (κ2) is 8.96. The number of rotatable bonds is 6. The van der Waals surface area contributed by atoms with Gasteiger partial charge < -0.3 is 4.90 Å². The lowest BCUT2D eigenvalue weighted by atomic mass is 10.0. The Labute approximate surface area is 191 Å². The van der Waals surface area contributed by atoms with Crippen molar-refractivity contribution in [3.8, 4) is 0 Å². The lowest BCUT2D eigenvalue weighted by Gasteiger charge is -2.21. The number of benzene rings is 3. The van der Waals surface area contributed by atoms with Crippen LogP contribution in [-0.4, -0.2) is 30.3 Å². The van der Waals surface area contributed by atoms with Crippen LogP contribution in [0.3, 0.4) is 0 Å². The topological polar surface area (TPSA) is 40.6 Å². The number of likely N-dealkylation sites (N-methyl/N-ethyl adjacent to an activating group) is 1. The summed E-state index contributed by atoms with van der Waals surface area (Å²) in [6, 6.07) is 23.9. The minimum absolute atomic E-state index is 0.280. The van der Waals surface area contributed by atoms with Gasteiger partial charge in [-0.3, -0.25) is 14.5 Å². The summed E-state index contributed by atoms with van der Waals surface area (Å²) >= 11 is 12.0. The molecule has 0 spiro atoms. The van der Waals surface area contributed by atoms with Gasteiger partial charge >= 0.3 is 0 Å². The summed E-state index contributed by atoms with van der Waals surface area (Å²) in [5.74, 6) is -0.616. The average Bonchev–Trinajstić information content (AvgIpc) is 3.03. The molecule has 0 unspecified atom stereocenters. The van der Waals surface area contributed by atoms with Crippen LogP contribution in [0.25, 0.3) is 5.57 Å². The Balaban J connectivity index is 1.69. The van der Waals surface area contributed by atoms with Crippen LogP contribution in [0.1, 0.15) is 11.1 Å². The molecule has 3 aromatic rings. The highest BCUT2D eigenvalue weighted by Gasteiger charge is 2.40. The van der Waals surface area contributed by atoms with Crippen molar-refractivity contribution in [2.45, 2.75) is 6.42 Å². The van der Waals surface area contributed by atoms with Gasteiger partial charge in [0.15, 0.2) is 0 Å². The average molecular weight is 451 g/mol. The van der Waals surface area contributed by atoms with Crippen LogP contribution < -0.4 is 4.90 Å². The van der Waals surface area contributed by atoms with Crippen molar-refractivity contribution in [3.05, 3.63) is 106 Å². The number of anilines is 1. The maximum Gasteiger partial charge on any atom is 0.278 e. The van der Waals surface area contributed by atoms with E-state index >= 15 is 0 Å². The second-order valence-electron chi connectivity index (χ2n) is 7.26. The third-order valence-corrected chi connectivity index (χ3v) is 5.80. The lowest BCUT2D eigenvalue weighted by Crippen LogP contribution is -2.35. The van der Waals surface area contributed by atoms with Crippen LogP contribution in [-0.2, 0) is 16.0 Å². The molecule has 0 saturated carbocycles. The van der Waals surface area contributed by atoms with E-state index in [1.54, 1.807) is 48.3 Å². The molecule has 3 aromatic carbocycles. The molecular weight excluding hydrogens is 431 g/mol. The van der Waals surface area contributed by atoms with Crippen LogP contribution in [0, 0.1) is 0 Å². The van der Waals surface area contributed by atoms with E-state index < -0.39 is 0 Å². The Morgan fingerprint density at radius 2 is 1.35 bits per heavy atom. The van der Waals surface area contributed by atoms with Gasteiger partial charge in [-0.15, -0.1) is 0 Å². The molecule has 0 aromatic heterocycles. The SMILES string of the molecule is CN(C1=C(c2ccc(Cl)cc2)C(=O)N(CCc2ccc(Cl)cc2)C1=O)c1ccccc1. The zero-order chi connectivity index (χ0) is 22.0. The molecule has 0 N–H and O–H groups in total. The van der Waals surface area contributed by atoms with Crippen molar-refractivity contribution in [3.63, 3.8) is 0 Å². The highest BCUT2D eigenvalue weighted by atomic mass is 35.5. The van der Waals surface area contributed by atoms with Crippen LogP contribution in [0.15, 0.2) is 84.6 Å². The predicted molar refractivity (Wildman–Crippen MR) is 125 cm³/mol. The van der Waals surface area contributed by atoms with Gasteiger partial charge in [0.05, 0.1) is 5.57 Å². The van der Waals surface area contributed by atoms with E-state index in [1.165, 1.54) is 4.90 Å². The zero-order valence-corrected chi connectivity index (χ0v) is 18.4. The number of para-hydroxylation sites is 1. The van der Waals surface area contributed by atoms with Crippen LogP contribution in [0.2, 0.25) is 10.0 Å². The van der Waals surface area contributed by atoms with Crippen molar-refractivity contribution >= 4 is 46.3 Å². The van der Waals surface area contributed by atoms with Gasteiger partial charge in [-0.05, 0) is 53.9 Å². The molecule has 2 amide bonds. The molecule has 156 valence electrons. The van der Waals surface area contributed by atoms with Crippen molar-refractivity contribution < 1.29 is 9.59 Å². The minimum atomic E-state index is -0.310.